The van der Waals surface area contributed by atoms with Gasteiger partial charge in [-0.15, -0.1) is 0 Å². The highest BCUT2D eigenvalue weighted by Gasteiger charge is 2.44. The maximum Gasteiger partial charge on any atom is 0.338 e. The van der Waals surface area contributed by atoms with Gasteiger partial charge in [-0.1, -0.05) is 44.6 Å². The number of hydrogen-bond donors (Lipinski definition) is 6. The Morgan fingerprint density at radius 3 is 2.13 bits per heavy atom. The SMILES string of the molecule is COC(=O)/C=C/CC[C@H](NC(=O)c1ccncc1C(=O)O)C(=O)N[C@@H](CCSC)C(=O)N1CC(=O)C[C@H]1C(=O)N[C@H](C(=O)N[C@H](C(N)=O)C1CCCCC1)C1CCCCC1. The zero-order valence-corrected chi connectivity index (χ0v) is 35.0. The average molecular weight is 856 g/mol. The van der Waals surface area contributed by atoms with Gasteiger partial charge in [0.25, 0.3) is 5.91 Å². The molecule has 4 rings (SSSR count). The summed E-state index contributed by atoms with van der Waals surface area (Å²) >= 11 is 1.38. The minimum Gasteiger partial charge on any atom is -0.478 e. The first kappa shape index (κ1) is 47.3. The van der Waals surface area contributed by atoms with E-state index in [0.29, 0.717) is 18.6 Å². The van der Waals surface area contributed by atoms with Crippen LogP contribution in [0.5, 0.6) is 0 Å². The second-order valence-corrected chi connectivity index (χ2v) is 16.5. The molecule has 0 spiro atoms. The van der Waals surface area contributed by atoms with Crippen molar-refractivity contribution >= 4 is 64.9 Å². The number of nitrogens with one attached hydrogen (secondary N) is 4. The second kappa shape index (κ2) is 23.5. The number of thioether (sulfide) groups is 1. The zero-order chi connectivity index (χ0) is 43.8. The molecule has 3 fully saturated rings. The molecule has 6 amide bonds. The lowest BCUT2D eigenvalue weighted by atomic mass is 9.81. The van der Waals surface area contributed by atoms with E-state index in [1.807, 2.05) is 0 Å². The number of primary amides is 1. The first-order valence-electron chi connectivity index (χ1n) is 20.5. The molecule has 5 atom stereocenters. The Labute approximate surface area is 353 Å². The fourth-order valence-corrected chi connectivity index (χ4v) is 8.62. The highest BCUT2D eigenvalue weighted by atomic mass is 32.2. The maximum absolute atomic E-state index is 14.3. The Kier molecular flexibility index (Phi) is 18.5. The number of allylic oxidation sites excluding steroid dienone is 1. The average Bonchev–Trinajstić information content (AvgIpc) is 3.65. The number of nitrogens with zero attached hydrogens (tertiary/aromatic N) is 2. The number of carbonyl (C=O) groups is 9. The predicted octanol–water partition coefficient (Wildman–Crippen LogP) is 1.41. The minimum absolute atomic E-state index is 0.0734. The first-order chi connectivity index (χ1) is 28.7. The van der Waals surface area contributed by atoms with Crippen molar-refractivity contribution in [1.82, 2.24) is 31.2 Å². The molecular formula is C41H57N7O11S. The van der Waals surface area contributed by atoms with Gasteiger partial charge in [0.1, 0.15) is 30.2 Å². The number of aromatic nitrogens is 1. The van der Waals surface area contributed by atoms with Crippen LogP contribution in [0, 0.1) is 11.8 Å². The number of carbonyl (C=O) groups excluding carboxylic acids is 8. The molecular weight excluding hydrogens is 799 g/mol. The molecule has 60 heavy (non-hydrogen) atoms. The lowest BCUT2D eigenvalue weighted by Gasteiger charge is -2.35. The number of methoxy groups -OCH3 is 1. The van der Waals surface area contributed by atoms with Gasteiger partial charge in [-0.25, -0.2) is 9.59 Å². The van der Waals surface area contributed by atoms with Crippen molar-refractivity contribution in [3.63, 3.8) is 0 Å². The normalized spacial score (nSPS) is 19.4. The van der Waals surface area contributed by atoms with Crippen molar-refractivity contribution in [1.29, 1.82) is 0 Å². The summed E-state index contributed by atoms with van der Waals surface area (Å²) in [5, 5.41) is 20.5. The third-order valence-corrected chi connectivity index (χ3v) is 12.0. The number of likely N-dealkylation sites (tertiary alicyclic amines) is 1. The standard InChI is InChI=1S/C41H57N7O11S/c1-59-32(50)16-10-9-15-29(44-36(52)27-17-19-43-22-28(27)41(57)58)37(53)45-30(18-20-60-2)40(56)48-23-26(49)21-31(48)38(54)47-34(25-13-7-4-8-14-25)39(55)46-33(35(42)51)24-11-5-3-6-12-24/h10,16-17,19,22,24-25,29-31,33-34H,3-9,11-15,18,20-21,23H2,1-2H3,(H2,42,51)(H,44,52)(H,45,53)(H,46,55)(H,47,54)(H,57,58)/b16-10+/t29-,30-,31-,33-,34-/m0/s1. The summed E-state index contributed by atoms with van der Waals surface area (Å²) in [5.74, 6) is -6.86. The molecule has 7 N–H and O–H groups in total. The van der Waals surface area contributed by atoms with Crippen LogP contribution in [0.15, 0.2) is 30.6 Å². The number of carboxylic acids is 1. The topological polar surface area (TPSA) is 273 Å². The van der Waals surface area contributed by atoms with Crippen LogP contribution in [0.25, 0.3) is 0 Å². The number of aromatic carboxylic acids is 1. The Hall–Kier alpha value is -5.33. The molecule has 1 aromatic heterocycles. The van der Waals surface area contributed by atoms with Gasteiger partial charge in [0, 0.05) is 24.9 Å². The van der Waals surface area contributed by atoms with Gasteiger partial charge in [-0.3, -0.25) is 38.5 Å². The van der Waals surface area contributed by atoms with Gasteiger partial charge in [-0.2, -0.15) is 11.8 Å². The fraction of sp³-hybridized carbons (Fsp3) is 0.610. The van der Waals surface area contributed by atoms with Crippen LogP contribution in [0.3, 0.4) is 0 Å². The fourth-order valence-electron chi connectivity index (χ4n) is 8.15. The van der Waals surface area contributed by atoms with Gasteiger partial charge in [0.2, 0.25) is 29.5 Å². The number of pyridine rings is 1. The van der Waals surface area contributed by atoms with Crippen LogP contribution in [0.2, 0.25) is 0 Å². The number of hydrogen-bond acceptors (Lipinski definition) is 12. The van der Waals surface area contributed by atoms with Crippen molar-refractivity contribution in [3.05, 3.63) is 41.7 Å². The molecule has 0 radical (unpaired) electrons. The summed E-state index contributed by atoms with van der Waals surface area (Å²) in [6, 6.07) is -4.69. The number of carboxylic acid groups (broad SMARTS) is 1. The number of esters is 1. The molecule has 18 nitrogen and oxygen atoms in total. The molecule has 19 heteroatoms. The van der Waals surface area contributed by atoms with Crippen LogP contribution in [0.4, 0.5) is 0 Å². The van der Waals surface area contributed by atoms with Gasteiger partial charge in [-0.05, 0) is 74.9 Å². The summed E-state index contributed by atoms with van der Waals surface area (Å²) in [6.45, 7) is -0.424. The van der Waals surface area contributed by atoms with Gasteiger partial charge < -0.3 is 41.7 Å². The van der Waals surface area contributed by atoms with E-state index in [2.05, 4.69) is 31.0 Å². The summed E-state index contributed by atoms with van der Waals surface area (Å²) in [7, 11) is 1.19. The van der Waals surface area contributed by atoms with E-state index in [0.717, 1.165) is 68.5 Å². The second-order valence-electron chi connectivity index (χ2n) is 15.5. The number of Topliss-reactive ketones (excluding diaryl/α,β-unsaturated/α-hetero) is 1. The van der Waals surface area contributed by atoms with Gasteiger partial charge in [0.05, 0.1) is 24.8 Å². The summed E-state index contributed by atoms with van der Waals surface area (Å²) in [5.41, 5.74) is 5.10. The number of ketones is 1. The van der Waals surface area contributed by atoms with E-state index in [1.54, 1.807) is 6.26 Å². The van der Waals surface area contributed by atoms with Crippen molar-refractivity contribution in [3.8, 4) is 0 Å². The molecule has 1 aromatic rings. The van der Waals surface area contributed by atoms with E-state index in [1.165, 1.54) is 37.2 Å². The first-order valence-corrected chi connectivity index (χ1v) is 21.9. The lowest BCUT2D eigenvalue weighted by molar-refractivity contribution is -0.143. The Morgan fingerprint density at radius 1 is 0.883 bits per heavy atom. The third-order valence-electron chi connectivity index (χ3n) is 11.4. The molecule has 1 saturated heterocycles. The maximum atomic E-state index is 14.3. The Balaban J connectivity index is 1.55. The number of amides is 6. The molecule has 0 bridgehead atoms. The molecule has 3 aliphatic rings. The molecule has 0 unspecified atom stereocenters. The third kappa shape index (κ3) is 13.3. The van der Waals surface area contributed by atoms with Crippen molar-refractivity contribution in [2.75, 3.05) is 25.7 Å². The molecule has 328 valence electrons. The Bertz CT molecular complexity index is 1780. The smallest absolute Gasteiger partial charge is 0.338 e. The van der Waals surface area contributed by atoms with Crippen LogP contribution in [-0.4, -0.2) is 124 Å². The molecule has 1 aliphatic heterocycles. The molecule has 2 heterocycles. The van der Waals surface area contributed by atoms with Gasteiger partial charge in [0.15, 0.2) is 5.78 Å². The highest BCUT2D eigenvalue weighted by molar-refractivity contribution is 7.98. The van der Waals surface area contributed by atoms with Crippen molar-refractivity contribution in [2.24, 2.45) is 17.6 Å². The summed E-state index contributed by atoms with van der Waals surface area (Å²) in [6.07, 6.45) is 14.6. The zero-order valence-electron chi connectivity index (χ0n) is 34.2. The number of rotatable bonds is 20. The van der Waals surface area contributed by atoms with E-state index < -0.39 is 95.5 Å². The lowest BCUT2D eigenvalue weighted by Crippen LogP contribution is -2.60. The van der Waals surface area contributed by atoms with Crippen LogP contribution < -0.4 is 27.0 Å². The molecule has 2 saturated carbocycles. The van der Waals surface area contributed by atoms with E-state index >= 15 is 0 Å². The van der Waals surface area contributed by atoms with Gasteiger partial charge >= 0.3 is 11.9 Å². The monoisotopic (exact) mass is 855 g/mol. The number of nitrogens with two attached hydrogens (primary N) is 1. The summed E-state index contributed by atoms with van der Waals surface area (Å²) in [4.78, 5) is 124. The Morgan fingerprint density at radius 2 is 1.53 bits per heavy atom. The largest absolute Gasteiger partial charge is 0.478 e. The van der Waals surface area contributed by atoms with E-state index in [4.69, 9.17) is 5.73 Å². The van der Waals surface area contributed by atoms with Crippen LogP contribution in [0.1, 0.15) is 111 Å². The van der Waals surface area contributed by atoms with Crippen LogP contribution >= 0.6 is 11.8 Å². The van der Waals surface area contributed by atoms with Crippen molar-refractivity contribution in [2.45, 2.75) is 120 Å². The quantitative estimate of drug-likeness (QED) is 0.0801. The number of ether oxygens (including phenoxy) is 1. The van der Waals surface area contributed by atoms with E-state index in [9.17, 15) is 48.3 Å². The van der Waals surface area contributed by atoms with E-state index in [-0.39, 0.29) is 43.1 Å². The van der Waals surface area contributed by atoms with Crippen molar-refractivity contribution < 1.29 is 53.0 Å². The molecule has 0 aromatic carbocycles. The summed E-state index contributed by atoms with van der Waals surface area (Å²) < 4.78 is 4.60. The predicted molar refractivity (Wildman–Crippen MR) is 219 cm³/mol. The molecule has 2 aliphatic carbocycles. The van der Waals surface area contributed by atoms with Crippen LogP contribution in [-0.2, 0) is 38.3 Å². The minimum atomic E-state index is -1.42. The highest BCUT2D eigenvalue weighted by Crippen LogP contribution is 2.30.